The molecule has 0 unspecified atom stereocenters. The summed E-state index contributed by atoms with van der Waals surface area (Å²) in [4.78, 5) is 6.66. The Kier molecular flexibility index (Phi) is 4.59. The molecule has 0 radical (unpaired) electrons. The molecular formula is C15H20N4O2. The number of hydrogen-bond acceptors (Lipinski definition) is 6. The molecule has 6 heteroatoms. The highest BCUT2D eigenvalue weighted by atomic mass is 16.5. The first-order valence-electron chi connectivity index (χ1n) is 7.27. The molecule has 0 bridgehead atoms. The highest BCUT2D eigenvalue weighted by Crippen LogP contribution is 2.17. The first-order valence-corrected chi connectivity index (χ1v) is 7.27. The van der Waals surface area contributed by atoms with Gasteiger partial charge in [-0.05, 0) is 12.0 Å². The SMILES string of the molecule is NCc1nc(-c2ccc(CCN3CCOCC3)cc2)no1. The number of aromatic nitrogens is 2. The number of hydrogen-bond donors (Lipinski definition) is 1. The highest BCUT2D eigenvalue weighted by molar-refractivity contribution is 5.54. The number of rotatable bonds is 5. The zero-order chi connectivity index (χ0) is 14.5. The zero-order valence-corrected chi connectivity index (χ0v) is 12.0. The summed E-state index contributed by atoms with van der Waals surface area (Å²) >= 11 is 0. The van der Waals surface area contributed by atoms with E-state index in [0.717, 1.165) is 44.8 Å². The first-order chi connectivity index (χ1) is 10.3. The summed E-state index contributed by atoms with van der Waals surface area (Å²) in [5.74, 6) is 1.05. The molecule has 1 fully saturated rings. The van der Waals surface area contributed by atoms with Gasteiger partial charge in [-0.1, -0.05) is 29.4 Å². The second-order valence-electron chi connectivity index (χ2n) is 5.12. The number of ether oxygens (including phenoxy) is 1. The summed E-state index contributed by atoms with van der Waals surface area (Å²) in [5, 5.41) is 3.92. The van der Waals surface area contributed by atoms with Gasteiger partial charge >= 0.3 is 0 Å². The average Bonchev–Trinajstić information content (AvgIpc) is 3.03. The maximum atomic E-state index is 5.47. The van der Waals surface area contributed by atoms with E-state index in [1.165, 1.54) is 5.56 Å². The monoisotopic (exact) mass is 288 g/mol. The second kappa shape index (κ2) is 6.80. The van der Waals surface area contributed by atoms with Gasteiger partial charge in [0.05, 0.1) is 19.8 Å². The molecule has 1 aliphatic heterocycles. The van der Waals surface area contributed by atoms with Crippen molar-refractivity contribution in [2.45, 2.75) is 13.0 Å². The highest BCUT2D eigenvalue weighted by Gasteiger charge is 2.10. The van der Waals surface area contributed by atoms with Crippen LogP contribution >= 0.6 is 0 Å². The fourth-order valence-corrected chi connectivity index (χ4v) is 2.39. The molecule has 2 N–H and O–H groups in total. The van der Waals surface area contributed by atoms with Crippen molar-refractivity contribution in [2.75, 3.05) is 32.8 Å². The van der Waals surface area contributed by atoms with E-state index in [1.807, 2.05) is 12.1 Å². The van der Waals surface area contributed by atoms with Crippen LogP contribution in [0.1, 0.15) is 11.5 Å². The standard InChI is InChI=1S/C15H20N4O2/c16-11-14-17-15(18-21-14)13-3-1-12(2-4-13)5-6-19-7-9-20-10-8-19/h1-4H,5-11,16H2. The molecule has 0 aliphatic carbocycles. The van der Waals surface area contributed by atoms with E-state index >= 15 is 0 Å². The minimum atomic E-state index is 0.268. The fraction of sp³-hybridized carbons (Fsp3) is 0.467. The van der Waals surface area contributed by atoms with Gasteiger partial charge < -0.3 is 15.0 Å². The van der Waals surface area contributed by atoms with Crippen molar-refractivity contribution in [3.8, 4) is 11.4 Å². The van der Waals surface area contributed by atoms with Crippen molar-refractivity contribution in [1.29, 1.82) is 0 Å². The predicted molar refractivity (Wildman–Crippen MR) is 78.6 cm³/mol. The molecule has 0 spiro atoms. The van der Waals surface area contributed by atoms with Crippen molar-refractivity contribution in [3.63, 3.8) is 0 Å². The minimum Gasteiger partial charge on any atom is -0.379 e. The maximum Gasteiger partial charge on any atom is 0.240 e. The lowest BCUT2D eigenvalue weighted by Gasteiger charge is -2.26. The second-order valence-corrected chi connectivity index (χ2v) is 5.12. The van der Waals surface area contributed by atoms with Crippen LogP contribution in [-0.4, -0.2) is 47.9 Å². The normalized spacial score (nSPS) is 16.2. The van der Waals surface area contributed by atoms with Gasteiger partial charge in [0.25, 0.3) is 0 Å². The van der Waals surface area contributed by atoms with Crippen LogP contribution in [0.5, 0.6) is 0 Å². The van der Waals surface area contributed by atoms with Crippen LogP contribution < -0.4 is 5.73 Å². The summed E-state index contributed by atoms with van der Waals surface area (Å²) in [5.41, 5.74) is 7.73. The summed E-state index contributed by atoms with van der Waals surface area (Å²) in [6.45, 7) is 5.10. The summed E-state index contributed by atoms with van der Waals surface area (Å²) in [6.07, 6.45) is 1.04. The minimum absolute atomic E-state index is 0.268. The van der Waals surface area contributed by atoms with Gasteiger partial charge in [-0.2, -0.15) is 4.98 Å². The topological polar surface area (TPSA) is 77.4 Å². The van der Waals surface area contributed by atoms with E-state index in [-0.39, 0.29) is 6.54 Å². The van der Waals surface area contributed by atoms with E-state index < -0.39 is 0 Å². The third kappa shape index (κ3) is 3.66. The molecule has 21 heavy (non-hydrogen) atoms. The Hall–Kier alpha value is -1.76. The lowest BCUT2D eigenvalue weighted by molar-refractivity contribution is 0.0384. The molecule has 2 heterocycles. The molecule has 1 aromatic heterocycles. The number of morpholine rings is 1. The van der Waals surface area contributed by atoms with Crippen LogP contribution in [-0.2, 0) is 17.7 Å². The lowest BCUT2D eigenvalue weighted by atomic mass is 10.1. The van der Waals surface area contributed by atoms with Crippen molar-refractivity contribution in [3.05, 3.63) is 35.7 Å². The zero-order valence-electron chi connectivity index (χ0n) is 12.0. The summed E-state index contributed by atoms with van der Waals surface area (Å²) in [7, 11) is 0. The van der Waals surface area contributed by atoms with E-state index in [2.05, 4.69) is 27.2 Å². The number of nitrogens with two attached hydrogens (primary N) is 1. The van der Waals surface area contributed by atoms with Gasteiger partial charge in [0.15, 0.2) is 0 Å². The van der Waals surface area contributed by atoms with Gasteiger partial charge in [0.2, 0.25) is 11.7 Å². The molecule has 2 aromatic rings. The molecule has 0 saturated carbocycles. The third-order valence-electron chi connectivity index (χ3n) is 3.68. The molecule has 0 amide bonds. The van der Waals surface area contributed by atoms with Gasteiger partial charge in [0, 0.05) is 25.2 Å². The van der Waals surface area contributed by atoms with Crippen molar-refractivity contribution >= 4 is 0 Å². The van der Waals surface area contributed by atoms with E-state index in [9.17, 15) is 0 Å². The van der Waals surface area contributed by atoms with Crippen molar-refractivity contribution in [1.82, 2.24) is 15.0 Å². The van der Waals surface area contributed by atoms with Crippen molar-refractivity contribution < 1.29 is 9.26 Å². The Labute approximate surface area is 123 Å². The summed E-state index contributed by atoms with van der Waals surface area (Å²) in [6, 6.07) is 8.29. The smallest absolute Gasteiger partial charge is 0.240 e. The molecule has 1 saturated heterocycles. The van der Waals surface area contributed by atoms with Crippen LogP contribution in [0.2, 0.25) is 0 Å². The molecule has 112 valence electrons. The van der Waals surface area contributed by atoms with Crippen LogP contribution in [0, 0.1) is 0 Å². The molecule has 0 atom stereocenters. The summed E-state index contributed by atoms with van der Waals surface area (Å²) < 4.78 is 10.4. The lowest BCUT2D eigenvalue weighted by Crippen LogP contribution is -2.37. The molecule has 3 rings (SSSR count). The van der Waals surface area contributed by atoms with Crippen molar-refractivity contribution in [2.24, 2.45) is 5.73 Å². The van der Waals surface area contributed by atoms with Crippen LogP contribution in [0.15, 0.2) is 28.8 Å². The van der Waals surface area contributed by atoms with Gasteiger partial charge in [-0.15, -0.1) is 0 Å². The van der Waals surface area contributed by atoms with E-state index in [4.69, 9.17) is 15.0 Å². The van der Waals surface area contributed by atoms with Crippen LogP contribution in [0.25, 0.3) is 11.4 Å². The Bertz CT molecular complexity index is 561. The predicted octanol–water partition coefficient (Wildman–Crippen LogP) is 1.07. The Morgan fingerprint density at radius 2 is 1.90 bits per heavy atom. The van der Waals surface area contributed by atoms with E-state index in [1.54, 1.807) is 0 Å². The van der Waals surface area contributed by atoms with Gasteiger partial charge in [0.1, 0.15) is 0 Å². The number of benzene rings is 1. The van der Waals surface area contributed by atoms with Gasteiger partial charge in [-0.25, -0.2) is 0 Å². The molecule has 1 aromatic carbocycles. The Morgan fingerprint density at radius 1 is 1.14 bits per heavy atom. The third-order valence-corrected chi connectivity index (χ3v) is 3.68. The molecule has 1 aliphatic rings. The van der Waals surface area contributed by atoms with Crippen LogP contribution in [0.4, 0.5) is 0 Å². The first kappa shape index (κ1) is 14.2. The maximum absolute atomic E-state index is 5.47. The molecular weight excluding hydrogens is 268 g/mol. The largest absolute Gasteiger partial charge is 0.379 e. The van der Waals surface area contributed by atoms with Crippen LogP contribution in [0.3, 0.4) is 0 Å². The Balaban J connectivity index is 1.58. The molecule has 6 nitrogen and oxygen atoms in total. The fourth-order valence-electron chi connectivity index (χ4n) is 2.39. The number of nitrogens with zero attached hydrogens (tertiary/aromatic N) is 3. The Morgan fingerprint density at radius 3 is 2.57 bits per heavy atom. The van der Waals surface area contributed by atoms with Gasteiger partial charge in [-0.3, -0.25) is 4.90 Å². The average molecular weight is 288 g/mol. The van der Waals surface area contributed by atoms with E-state index in [0.29, 0.717) is 11.7 Å². The quantitative estimate of drug-likeness (QED) is 0.887.